The SMILES string of the molecule is C=C(C)c1cccc(C(C)=O)c1.CCc1cccc(C(C)=O)c1.CCc1cccc(OC)c1.COc1cccc(C(C)=O)c1. The second-order valence-corrected chi connectivity index (χ2v) is 10.0. The highest BCUT2D eigenvalue weighted by molar-refractivity contribution is 5.95. The molecule has 0 aliphatic rings. The van der Waals surface area contributed by atoms with E-state index in [1.807, 2.05) is 73.7 Å². The van der Waals surface area contributed by atoms with E-state index in [0.29, 0.717) is 5.56 Å². The lowest BCUT2D eigenvalue weighted by atomic mass is 10.0. The topological polar surface area (TPSA) is 69.7 Å². The maximum Gasteiger partial charge on any atom is 0.159 e. The van der Waals surface area contributed by atoms with Crippen molar-refractivity contribution in [1.82, 2.24) is 0 Å². The van der Waals surface area contributed by atoms with Gasteiger partial charge in [0.05, 0.1) is 14.2 Å². The van der Waals surface area contributed by atoms with Crippen LogP contribution >= 0.6 is 0 Å². The van der Waals surface area contributed by atoms with E-state index in [1.165, 1.54) is 18.1 Å². The molecule has 0 spiro atoms. The van der Waals surface area contributed by atoms with Gasteiger partial charge in [0, 0.05) is 16.7 Å². The standard InChI is InChI=1S/C11H12O.C10H12O.C9H10O2.C9H12O/c1-8(2)10-5-4-6-11(7-10)9(3)12;1-3-9-5-4-6-10(7-9)8(2)11;1-7(10)8-4-3-5-9(6-8)11-2;1-3-8-5-4-6-9(7-8)10-2/h4-7H,1H2,2-3H3;4-7H,3H2,1-2H3;3-6H,1-2H3;4-7H,3H2,1-2H3. The highest BCUT2D eigenvalue weighted by Gasteiger charge is 2.01. The van der Waals surface area contributed by atoms with Crippen LogP contribution in [0, 0.1) is 0 Å². The second kappa shape index (κ2) is 20.2. The molecule has 0 bridgehead atoms. The maximum atomic E-state index is 11.0. The van der Waals surface area contributed by atoms with Crippen LogP contribution in [0.15, 0.2) is 104 Å². The van der Waals surface area contributed by atoms with E-state index in [2.05, 4.69) is 32.6 Å². The van der Waals surface area contributed by atoms with Crippen LogP contribution in [0.25, 0.3) is 5.57 Å². The summed E-state index contributed by atoms with van der Waals surface area (Å²) in [5, 5.41) is 0. The van der Waals surface area contributed by atoms with Gasteiger partial charge in [-0.05, 0) is 93.6 Å². The first-order valence-corrected chi connectivity index (χ1v) is 14.6. The van der Waals surface area contributed by atoms with E-state index in [9.17, 15) is 14.4 Å². The quantitative estimate of drug-likeness (QED) is 0.190. The lowest BCUT2D eigenvalue weighted by Gasteiger charge is -2.00. The van der Waals surface area contributed by atoms with Gasteiger partial charge in [-0.1, -0.05) is 86.7 Å². The number of Topliss-reactive ketones (excluding diaryl/α,β-unsaturated/α-hetero) is 3. The number of aryl methyl sites for hydroxylation is 2. The summed E-state index contributed by atoms with van der Waals surface area (Å²) in [5.74, 6) is 1.96. The Hall–Kier alpha value is -4.77. The Morgan fingerprint density at radius 2 is 0.886 bits per heavy atom. The zero-order valence-electron chi connectivity index (χ0n) is 27.4. The van der Waals surface area contributed by atoms with Crippen molar-refractivity contribution in [1.29, 1.82) is 0 Å². The van der Waals surface area contributed by atoms with Crippen molar-refractivity contribution in [2.75, 3.05) is 14.2 Å². The largest absolute Gasteiger partial charge is 0.497 e. The summed E-state index contributed by atoms with van der Waals surface area (Å²) in [6.07, 6.45) is 2.05. The van der Waals surface area contributed by atoms with Crippen molar-refractivity contribution in [3.63, 3.8) is 0 Å². The number of allylic oxidation sites excluding steroid dienone is 1. The molecule has 0 heterocycles. The van der Waals surface area contributed by atoms with Crippen LogP contribution in [-0.4, -0.2) is 31.6 Å². The fourth-order valence-electron chi connectivity index (χ4n) is 3.75. The van der Waals surface area contributed by atoms with Crippen LogP contribution in [0.5, 0.6) is 11.5 Å². The summed E-state index contributed by atoms with van der Waals surface area (Å²) in [6, 6.07) is 30.5. The van der Waals surface area contributed by atoms with Gasteiger partial charge in [-0.25, -0.2) is 0 Å². The summed E-state index contributed by atoms with van der Waals surface area (Å²) in [4.78, 5) is 32.8. The summed E-state index contributed by atoms with van der Waals surface area (Å²) in [6.45, 7) is 14.7. The number of hydrogen-bond donors (Lipinski definition) is 0. The number of ketones is 3. The number of ether oxygens (including phenoxy) is 2. The first kappa shape index (κ1) is 37.3. The number of benzene rings is 4. The molecule has 0 aliphatic heterocycles. The van der Waals surface area contributed by atoms with Crippen LogP contribution in [0.3, 0.4) is 0 Å². The Bertz CT molecular complexity index is 1410. The molecule has 0 unspecified atom stereocenters. The average Bonchev–Trinajstić information content (AvgIpc) is 3.05. The van der Waals surface area contributed by atoms with Gasteiger partial charge in [-0.3, -0.25) is 14.4 Å². The van der Waals surface area contributed by atoms with E-state index in [4.69, 9.17) is 9.47 Å². The van der Waals surface area contributed by atoms with Crippen LogP contribution in [0.2, 0.25) is 0 Å². The van der Waals surface area contributed by atoms with Crippen LogP contribution in [-0.2, 0) is 12.8 Å². The highest BCUT2D eigenvalue weighted by Crippen LogP contribution is 2.14. The lowest BCUT2D eigenvalue weighted by molar-refractivity contribution is 0.100. The van der Waals surface area contributed by atoms with Crippen molar-refractivity contribution in [3.8, 4) is 11.5 Å². The van der Waals surface area contributed by atoms with E-state index in [-0.39, 0.29) is 17.3 Å². The average molecular weight is 595 g/mol. The molecule has 4 aromatic rings. The summed E-state index contributed by atoms with van der Waals surface area (Å²) in [5.41, 5.74) is 6.79. The molecule has 4 aromatic carbocycles. The monoisotopic (exact) mass is 594 g/mol. The van der Waals surface area contributed by atoms with Gasteiger partial charge in [0.2, 0.25) is 0 Å². The third kappa shape index (κ3) is 13.9. The van der Waals surface area contributed by atoms with Crippen molar-refractivity contribution in [2.45, 2.75) is 54.4 Å². The molecular weight excluding hydrogens is 548 g/mol. The molecule has 0 N–H and O–H groups in total. The third-order valence-corrected chi connectivity index (χ3v) is 6.52. The number of rotatable bonds is 8. The first-order chi connectivity index (χ1) is 20.9. The lowest BCUT2D eigenvalue weighted by Crippen LogP contribution is -1.92. The number of hydrogen-bond acceptors (Lipinski definition) is 5. The zero-order valence-corrected chi connectivity index (χ0v) is 27.4. The number of carbonyl (C=O) groups excluding carboxylic acids is 3. The minimum Gasteiger partial charge on any atom is -0.497 e. The Morgan fingerprint density at radius 1 is 0.523 bits per heavy atom. The Morgan fingerprint density at radius 3 is 1.34 bits per heavy atom. The van der Waals surface area contributed by atoms with Crippen molar-refractivity contribution in [2.24, 2.45) is 0 Å². The smallest absolute Gasteiger partial charge is 0.159 e. The molecule has 4 rings (SSSR count). The second-order valence-electron chi connectivity index (χ2n) is 10.0. The Kier molecular flexibility index (Phi) is 17.1. The molecule has 5 heteroatoms. The number of carbonyl (C=O) groups is 3. The molecule has 0 aliphatic carbocycles. The third-order valence-electron chi connectivity index (χ3n) is 6.52. The molecule has 0 radical (unpaired) electrons. The van der Waals surface area contributed by atoms with Gasteiger partial charge in [0.25, 0.3) is 0 Å². The fourth-order valence-corrected chi connectivity index (χ4v) is 3.75. The minimum atomic E-state index is 0.0592. The maximum absolute atomic E-state index is 11.0. The predicted octanol–water partition coefficient (Wildman–Crippen LogP) is 9.53. The van der Waals surface area contributed by atoms with Crippen molar-refractivity contribution < 1.29 is 23.9 Å². The van der Waals surface area contributed by atoms with Crippen molar-refractivity contribution in [3.05, 3.63) is 137 Å². The van der Waals surface area contributed by atoms with E-state index < -0.39 is 0 Å². The molecule has 0 aromatic heterocycles. The summed E-state index contributed by atoms with van der Waals surface area (Å²) < 4.78 is 10.0. The Labute approximate surface area is 263 Å². The molecule has 0 saturated heterocycles. The molecule has 5 nitrogen and oxygen atoms in total. The van der Waals surface area contributed by atoms with Gasteiger partial charge >= 0.3 is 0 Å². The molecule has 0 fully saturated rings. The molecule has 44 heavy (non-hydrogen) atoms. The minimum absolute atomic E-state index is 0.0592. The fraction of sp³-hybridized carbons (Fsp3) is 0.256. The van der Waals surface area contributed by atoms with Crippen LogP contribution in [0.4, 0.5) is 0 Å². The van der Waals surface area contributed by atoms with Gasteiger partial charge in [-0.15, -0.1) is 0 Å². The molecule has 232 valence electrons. The van der Waals surface area contributed by atoms with E-state index in [0.717, 1.165) is 46.6 Å². The van der Waals surface area contributed by atoms with E-state index >= 15 is 0 Å². The van der Waals surface area contributed by atoms with Gasteiger partial charge in [-0.2, -0.15) is 0 Å². The summed E-state index contributed by atoms with van der Waals surface area (Å²) >= 11 is 0. The molecular formula is C39H46O5. The predicted molar refractivity (Wildman–Crippen MR) is 182 cm³/mol. The highest BCUT2D eigenvalue weighted by atomic mass is 16.5. The Balaban J connectivity index is 0.000000294. The molecule has 0 saturated carbocycles. The molecule has 0 atom stereocenters. The first-order valence-electron chi connectivity index (χ1n) is 14.6. The molecule has 0 amide bonds. The van der Waals surface area contributed by atoms with Crippen LogP contribution < -0.4 is 9.47 Å². The number of methoxy groups -OCH3 is 2. The van der Waals surface area contributed by atoms with Gasteiger partial charge in [0.15, 0.2) is 17.3 Å². The van der Waals surface area contributed by atoms with E-state index in [1.54, 1.807) is 46.3 Å². The summed E-state index contributed by atoms with van der Waals surface area (Å²) in [7, 11) is 3.27. The van der Waals surface area contributed by atoms with Gasteiger partial charge < -0.3 is 9.47 Å². The van der Waals surface area contributed by atoms with Gasteiger partial charge in [0.1, 0.15) is 11.5 Å². The van der Waals surface area contributed by atoms with Crippen LogP contribution in [0.1, 0.15) is 89.3 Å². The normalized spacial score (nSPS) is 9.45. The zero-order chi connectivity index (χ0) is 33.1. The van der Waals surface area contributed by atoms with Crippen molar-refractivity contribution >= 4 is 22.9 Å².